The minimum Gasteiger partial charge on any atom is -0.497 e. The van der Waals surface area contributed by atoms with Crippen LogP contribution in [0.25, 0.3) is 0 Å². The third-order valence-electron chi connectivity index (χ3n) is 4.07. The Hall–Kier alpha value is -1.02. The molecule has 0 spiro atoms. The first-order valence-electron chi connectivity index (χ1n) is 7.39. The molecule has 0 aromatic heterocycles. The molecule has 0 aliphatic rings. The number of ether oxygens (including phenoxy) is 1. The van der Waals surface area contributed by atoms with Crippen molar-refractivity contribution in [1.29, 1.82) is 0 Å². The van der Waals surface area contributed by atoms with Gasteiger partial charge in [0.15, 0.2) is 0 Å². The molecule has 1 atom stereocenters. The molecule has 19 heavy (non-hydrogen) atoms. The summed E-state index contributed by atoms with van der Waals surface area (Å²) in [6, 6.07) is 8.92. The van der Waals surface area contributed by atoms with Crippen LogP contribution in [-0.4, -0.2) is 19.7 Å². The summed E-state index contributed by atoms with van der Waals surface area (Å²) in [6.45, 7) is 10.3. The van der Waals surface area contributed by atoms with Crippen LogP contribution in [0, 0.1) is 5.41 Å². The van der Waals surface area contributed by atoms with Crippen LogP contribution >= 0.6 is 0 Å². The molecular formula is C17H29NO. The van der Waals surface area contributed by atoms with Gasteiger partial charge in [0.25, 0.3) is 0 Å². The molecular weight excluding hydrogens is 234 g/mol. The van der Waals surface area contributed by atoms with Crippen LogP contribution in [0.15, 0.2) is 24.3 Å². The van der Waals surface area contributed by atoms with Crippen LogP contribution in [0.5, 0.6) is 5.75 Å². The van der Waals surface area contributed by atoms with Crippen LogP contribution in [0.2, 0.25) is 0 Å². The molecule has 0 radical (unpaired) electrons. The Labute approximate surface area is 118 Å². The van der Waals surface area contributed by atoms with Crippen LogP contribution in [0.3, 0.4) is 0 Å². The first-order valence-corrected chi connectivity index (χ1v) is 7.39. The van der Waals surface area contributed by atoms with E-state index in [1.807, 2.05) is 6.07 Å². The highest BCUT2D eigenvalue weighted by molar-refractivity contribution is 5.29. The van der Waals surface area contributed by atoms with E-state index < -0.39 is 0 Å². The normalized spacial score (nSPS) is 13.3. The van der Waals surface area contributed by atoms with E-state index in [9.17, 15) is 0 Å². The fraction of sp³-hybridized carbons (Fsp3) is 0.647. The van der Waals surface area contributed by atoms with Gasteiger partial charge in [-0.3, -0.25) is 0 Å². The Morgan fingerprint density at radius 3 is 2.58 bits per heavy atom. The Bertz CT molecular complexity index is 373. The lowest BCUT2D eigenvalue weighted by Gasteiger charge is -2.34. The number of hydrogen-bond acceptors (Lipinski definition) is 2. The second-order valence-electron chi connectivity index (χ2n) is 5.90. The van der Waals surface area contributed by atoms with Crippen molar-refractivity contribution in [3.63, 3.8) is 0 Å². The summed E-state index contributed by atoms with van der Waals surface area (Å²) < 4.78 is 5.31. The van der Waals surface area contributed by atoms with E-state index in [4.69, 9.17) is 4.74 Å². The topological polar surface area (TPSA) is 21.3 Å². The lowest BCUT2D eigenvalue weighted by Crippen LogP contribution is -2.43. The van der Waals surface area contributed by atoms with Gasteiger partial charge >= 0.3 is 0 Å². The third-order valence-corrected chi connectivity index (χ3v) is 4.07. The van der Waals surface area contributed by atoms with Crippen molar-refractivity contribution in [3.05, 3.63) is 29.8 Å². The molecule has 0 heterocycles. The van der Waals surface area contributed by atoms with Crippen LogP contribution < -0.4 is 10.1 Å². The van der Waals surface area contributed by atoms with E-state index >= 15 is 0 Å². The van der Waals surface area contributed by atoms with Crippen molar-refractivity contribution in [1.82, 2.24) is 5.32 Å². The molecule has 1 aromatic carbocycles. The molecule has 1 aromatic rings. The first kappa shape index (κ1) is 16.0. The molecule has 0 saturated heterocycles. The number of hydrogen-bond donors (Lipinski definition) is 1. The fourth-order valence-electron chi connectivity index (χ4n) is 2.22. The van der Waals surface area contributed by atoms with Gasteiger partial charge in [0, 0.05) is 6.04 Å². The lowest BCUT2D eigenvalue weighted by molar-refractivity contribution is 0.230. The lowest BCUT2D eigenvalue weighted by atomic mass is 9.79. The Kier molecular flexibility index (Phi) is 6.36. The zero-order valence-electron chi connectivity index (χ0n) is 13.1. The molecule has 0 bridgehead atoms. The van der Waals surface area contributed by atoms with Gasteiger partial charge in [-0.25, -0.2) is 0 Å². The quantitative estimate of drug-likeness (QED) is 0.764. The van der Waals surface area contributed by atoms with E-state index in [0.717, 1.165) is 18.7 Å². The molecule has 2 nitrogen and oxygen atoms in total. The first-order chi connectivity index (χ1) is 9.03. The van der Waals surface area contributed by atoms with Gasteiger partial charge in [-0.1, -0.05) is 39.8 Å². The van der Waals surface area contributed by atoms with Crippen molar-refractivity contribution in [3.8, 4) is 5.75 Å². The van der Waals surface area contributed by atoms with Gasteiger partial charge in [0.2, 0.25) is 0 Å². The van der Waals surface area contributed by atoms with Crippen molar-refractivity contribution >= 4 is 0 Å². The highest BCUT2D eigenvalue weighted by atomic mass is 16.5. The standard InChI is InChI=1S/C17H29NO/c1-6-11-18-16(17(3,4)7-2)13-14-9-8-10-15(12-14)19-5/h8-10,12,16,18H,6-7,11,13H2,1-5H3. The van der Waals surface area contributed by atoms with E-state index in [0.29, 0.717) is 11.5 Å². The van der Waals surface area contributed by atoms with Gasteiger partial charge < -0.3 is 10.1 Å². The molecule has 1 N–H and O–H groups in total. The summed E-state index contributed by atoms with van der Waals surface area (Å²) in [7, 11) is 1.72. The molecule has 1 unspecified atom stereocenters. The Morgan fingerprint density at radius 2 is 2.00 bits per heavy atom. The number of nitrogens with one attached hydrogen (secondary N) is 1. The molecule has 2 heteroatoms. The maximum absolute atomic E-state index is 5.31. The molecule has 0 fully saturated rings. The van der Waals surface area contributed by atoms with Crippen molar-refractivity contribution in [2.24, 2.45) is 5.41 Å². The average molecular weight is 263 g/mol. The summed E-state index contributed by atoms with van der Waals surface area (Å²) in [5, 5.41) is 3.71. The highest BCUT2D eigenvalue weighted by Crippen LogP contribution is 2.28. The minimum atomic E-state index is 0.304. The Balaban J connectivity index is 2.80. The molecule has 108 valence electrons. The maximum atomic E-state index is 5.31. The minimum absolute atomic E-state index is 0.304. The maximum Gasteiger partial charge on any atom is 0.119 e. The summed E-state index contributed by atoms with van der Waals surface area (Å²) >= 11 is 0. The highest BCUT2D eigenvalue weighted by Gasteiger charge is 2.27. The van der Waals surface area contributed by atoms with Crippen molar-refractivity contribution in [2.75, 3.05) is 13.7 Å². The summed E-state index contributed by atoms with van der Waals surface area (Å²) in [4.78, 5) is 0. The van der Waals surface area contributed by atoms with Crippen LogP contribution in [0.1, 0.15) is 46.1 Å². The predicted molar refractivity (Wildman–Crippen MR) is 82.9 cm³/mol. The van der Waals surface area contributed by atoms with Crippen LogP contribution in [-0.2, 0) is 6.42 Å². The van der Waals surface area contributed by atoms with Crippen LogP contribution in [0.4, 0.5) is 0 Å². The van der Waals surface area contributed by atoms with Crippen molar-refractivity contribution in [2.45, 2.75) is 53.0 Å². The molecule has 1 rings (SSSR count). The van der Waals surface area contributed by atoms with Gasteiger partial charge in [0.05, 0.1) is 7.11 Å². The molecule has 0 aliphatic heterocycles. The summed E-state index contributed by atoms with van der Waals surface area (Å²) in [5.74, 6) is 0.945. The molecule has 0 aliphatic carbocycles. The SMILES string of the molecule is CCCNC(Cc1cccc(OC)c1)C(C)(C)CC. The van der Waals surface area contributed by atoms with E-state index in [2.05, 4.69) is 51.2 Å². The monoisotopic (exact) mass is 263 g/mol. The molecule has 0 amide bonds. The predicted octanol–water partition coefficient (Wildman–Crippen LogP) is 4.04. The van der Waals surface area contributed by atoms with E-state index in [1.54, 1.807) is 7.11 Å². The van der Waals surface area contributed by atoms with E-state index in [1.165, 1.54) is 18.4 Å². The molecule has 0 saturated carbocycles. The fourth-order valence-corrected chi connectivity index (χ4v) is 2.22. The zero-order chi connectivity index (χ0) is 14.3. The van der Waals surface area contributed by atoms with Gasteiger partial charge in [-0.2, -0.15) is 0 Å². The number of methoxy groups -OCH3 is 1. The summed E-state index contributed by atoms with van der Waals surface area (Å²) in [6.07, 6.45) is 3.41. The second-order valence-corrected chi connectivity index (χ2v) is 5.90. The number of rotatable bonds is 8. The van der Waals surface area contributed by atoms with Gasteiger partial charge in [-0.15, -0.1) is 0 Å². The van der Waals surface area contributed by atoms with Gasteiger partial charge in [-0.05, 0) is 48.9 Å². The largest absolute Gasteiger partial charge is 0.497 e. The zero-order valence-corrected chi connectivity index (χ0v) is 13.1. The average Bonchev–Trinajstić information content (AvgIpc) is 2.43. The summed E-state index contributed by atoms with van der Waals surface area (Å²) in [5.41, 5.74) is 1.65. The third kappa shape index (κ3) is 4.87. The number of benzene rings is 1. The van der Waals surface area contributed by atoms with E-state index in [-0.39, 0.29) is 0 Å². The Morgan fingerprint density at radius 1 is 1.26 bits per heavy atom. The smallest absolute Gasteiger partial charge is 0.119 e. The van der Waals surface area contributed by atoms with Gasteiger partial charge in [0.1, 0.15) is 5.75 Å². The second kappa shape index (κ2) is 7.54. The van der Waals surface area contributed by atoms with Crippen molar-refractivity contribution < 1.29 is 4.74 Å².